The second kappa shape index (κ2) is 4.93. The van der Waals surface area contributed by atoms with Gasteiger partial charge in [0.25, 0.3) is 0 Å². The molecule has 0 bridgehead atoms. The van der Waals surface area contributed by atoms with Gasteiger partial charge in [-0.25, -0.2) is 0 Å². The summed E-state index contributed by atoms with van der Waals surface area (Å²) in [6, 6.07) is 10.4. The Kier molecular flexibility index (Phi) is 3.13. The van der Waals surface area contributed by atoms with Gasteiger partial charge in [0.2, 0.25) is 5.13 Å². The van der Waals surface area contributed by atoms with Crippen LogP contribution in [0.4, 0.5) is 5.13 Å². The van der Waals surface area contributed by atoms with Crippen LogP contribution in [0.25, 0.3) is 22.3 Å². The normalized spacial score (nSPS) is 11.1. The number of rotatable bonds is 3. The highest BCUT2D eigenvalue weighted by Crippen LogP contribution is 2.24. The molecule has 4 nitrogen and oxygen atoms in total. The van der Waals surface area contributed by atoms with Crippen molar-refractivity contribution in [3.63, 3.8) is 0 Å². The maximum absolute atomic E-state index is 4.50. The highest BCUT2D eigenvalue weighted by Gasteiger charge is 2.08. The van der Waals surface area contributed by atoms with E-state index >= 15 is 0 Å². The van der Waals surface area contributed by atoms with Crippen LogP contribution in [0, 0.1) is 0 Å². The van der Waals surface area contributed by atoms with Crippen molar-refractivity contribution in [2.24, 2.45) is 0 Å². The molecule has 0 aliphatic carbocycles. The average molecular weight is 270 g/mol. The molecule has 19 heavy (non-hydrogen) atoms. The van der Waals surface area contributed by atoms with E-state index in [-0.39, 0.29) is 0 Å². The Bertz CT molecular complexity index is 705. The molecular formula is C14H14N4S. The van der Waals surface area contributed by atoms with Crippen LogP contribution < -0.4 is 5.32 Å². The Morgan fingerprint density at radius 1 is 1.21 bits per heavy atom. The number of benzene rings is 1. The third-order valence-electron chi connectivity index (χ3n) is 2.70. The summed E-state index contributed by atoms with van der Waals surface area (Å²) in [6.45, 7) is 4.17. The first-order chi connectivity index (χ1) is 9.22. The number of hydrogen-bond donors (Lipinski definition) is 1. The Morgan fingerprint density at radius 2 is 2.11 bits per heavy atom. The second-order valence-electron chi connectivity index (χ2n) is 4.63. The number of hydrogen-bond acceptors (Lipinski definition) is 5. The van der Waals surface area contributed by atoms with Gasteiger partial charge in [-0.15, -0.1) is 0 Å². The maximum Gasteiger partial charge on any atom is 0.203 e. The zero-order chi connectivity index (χ0) is 13.2. The lowest BCUT2D eigenvalue weighted by atomic mass is 10.1. The van der Waals surface area contributed by atoms with Gasteiger partial charge in [0.15, 0.2) is 5.82 Å². The first-order valence-electron chi connectivity index (χ1n) is 6.18. The summed E-state index contributed by atoms with van der Waals surface area (Å²) in [6.07, 6.45) is 1.80. The lowest BCUT2D eigenvalue weighted by Crippen LogP contribution is -2.08. The number of nitrogens with zero attached hydrogens (tertiary/aromatic N) is 3. The largest absolute Gasteiger partial charge is 0.358 e. The molecule has 0 spiro atoms. The number of aromatic nitrogens is 3. The van der Waals surface area contributed by atoms with E-state index < -0.39 is 0 Å². The Labute approximate surface area is 115 Å². The van der Waals surface area contributed by atoms with Crippen molar-refractivity contribution in [1.29, 1.82) is 0 Å². The van der Waals surface area contributed by atoms with Crippen LogP contribution in [-0.2, 0) is 0 Å². The topological polar surface area (TPSA) is 50.7 Å². The summed E-state index contributed by atoms with van der Waals surface area (Å²) in [5.41, 5.74) is 2.01. The number of anilines is 1. The molecule has 0 amide bonds. The standard InChI is InChI=1S/C14H14N4S/c1-9(2)16-14-17-13(18-19-14)11-5-6-12-10(8-11)4-3-7-15-12/h3-9H,1-2H3,(H,16,17,18). The number of nitrogens with one attached hydrogen (secondary N) is 1. The molecule has 96 valence electrons. The van der Waals surface area contributed by atoms with Gasteiger partial charge in [-0.1, -0.05) is 6.07 Å². The quantitative estimate of drug-likeness (QED) is 0.790. The molecule has 0 saturated carbocycles. The van der Waals surface area contributed by atoms with Gasteiger partial charge in [0.05, 0.1) is 5.52 Å². The molecule has 0 atom stereocenters. The Balaban J connectivity index is 1.97. The molecule has 3 aromatic rings. The molecule has 1 N–H and O–H groups in total. The summed E-state index contributed by atoms with van der Waals surface area (Å²) in [4.78, 5) is 8.81. The first-order valence-corrected chi connectivity index (χ1v) is 6.95. The Morgan fingerprint density at radius 3 is 2.95 bits per heavy atom. The van der Waals surface area contributed by atoms with E-state index in [2.05, 4.69) is 39.6 Å². The van der Waals surface area contributed by atoms with Crippen LogP contribution in [0.3, 0.4) is 0 Å². The summed E-state index contributed by atoms with van der Waals surface area (Å²) in [5, 5.41) is 5.23. The van der Waals surface area contributed by atoms with Gasteiger partial charge < -0.3 is 5.32 Å². The van der Waals surface area contributed by atoms with E-state index in [0.29, 0.717) is 6.04 Å². The summed E-state index contributed by atoms with van der Waals surface area (Å²) < 4.78 is 4.39. The van der Waals surface area contributed by atoms with Gasteiger partial charge in [-0.3, -0.25) is 4.98 Å². The molecule has 0 aliphatic heterocycles. The SMILES string of the molecule is CC(C)Nc1nc(-c2ccc3ncccc3c2)ns1. The Hall–Kier alpha value is -2.01. The second-order valence-corrected chi connectivity index (χ2v) is 5.38. The van der Waals surface area contributed by atoms with Crippen molar-refractivity contribution in [2.45, 2.75) is 19.9 Å². The fourth-order valence-corrected chi connectivity index (χ4v) is 2.60. The van der Waals surface area contributed by atoms with E-state index in [1.807, 2.05) is 24.3 Å². The first kappa shape index (κ1) is 12.0. The molecule has 2 heterocycles. The highest BCUT2D eigenvalue weighted by molar-refractivity contribution is 7.09. The van der Waals surface area contributed by atoms with E-state index in [1.54, 1.807) is 6.20 Å². The van der Waals surface area contributed by atoms with E-state index in [9.17, 15) is 0 Å². The molecule has 3 rings (SSSR count). The summed E-state index contributed by atoms with van der Waals surface area (Å²) >= 11 is 1.39. The van der Waals surface area contributed by atoms with Gasteiger partial charge in [0, 0.05) is 34.7 Å². The van der Waals surface area contributed by atoms with Crippen molar-refractivity contribution >= 4 is 27.6 Å². The summed E-state index contributed by atoms with van der Waals surface area (Å²) in [5.74, 6) is 0.763. The van der Waals surface area contributed by atoms with Crippen molar-refractivity contribution in [1.82, 2.24) is 14.3 Å². The van der Waals surface area contributed by atoms with Crippen molar-refractivity contribution in [3.8, 4) is 11.4 Å². The van der Waals surface area contributed by atoms with Crippen LogP contribution in [-0.4, -0.2) is 20.4 Å². The molecule has 5 heteroatoms. The van der Waals surface area contributed by atoms with Crippen LogP contribution in [0.1, 0.15) is 13.8 Å². The molecular weight excluding hydrogens is 256 g/mol. The predicted molar refractivity (Wildman–Crippen MR) is 79.4 cm³/mol. The molecule has 1 aromatic carbocycles. The molecule has 0 saturated heterocycles. The zero-order valence-electron chi connectivity index (χ0n) is 10.8. The van der Waals surface area contributed by atoms with Crippen molar-refractivity contribution < 1.29 is 0 Å². The number of fused-ring (bicyclic) bond motifs is 1. The third kappa shape index (κ3) is 2.56. The molecule has 0 unspecified atom stereocenters. The molecule has 0 radical (unpaired) electrons. The van der Waals surface area contributed by atoms with Gasteiger partial charge in [-0.2, -0.15) is 9.36 Å². The maximum atomic E-state index is 4.50. The van der Waals surface area contributed by atoms with Crippen LogP contribution >= 0.6 is 11.5 Å². The minimum Gasteiger partial charge on any atom is -0.358 e. The monoisotopic (exact) mass is 270 g/mol. The molecule has 0 fully saturated rings. The average Bonchev–Trinajstić information content (AvgIpc) is 2.86. The van der Waals surface area contributed by atoms with Crippen molar-refractivity contribution in [2.75, 3.05) is 5.32 Å². The number of pyridine rings is 1. The van der Waals surface area contributed by atoms with E-state index in [0.717, 1.165) is 27.4 Å². The van der Waals surface area contributed by atoms with E-state index in [1.165, 1.54) is 11.5 Å². The van der Waals surface area contributed by atoms with Crippen LogP contribution in [0.2, 0.25) is 0 Å². The smallest absolute Gasteiger partial charge is 0.203 e. The zero-order valence-corrected chi connectivity index (χ0v) is 11.6. The van der Waals surface area contributed by atoms with Gasteiger partial charge in [0.1, 0.15) is 0 Å². The molecule has 0 aliphatic rings. The van der Waals surface area contributed by atoms with Gasteiger partial charge >= 0.3 is 0 Å². The van der Waals surface area contributed by atoms with Crippen LogP contribution in [0.5, 0.6) is 0 Å². The van der Waals surface area contributed by atoms with Gasteiger partial charge in [-0.05, 0) is 38.1 Å². The summed E-state index contributed by atoms with van der Waals surface area (Å²) in [7, 11) is 0. The lowest BCUT2D eigenvalue weighted by Gasteiger charge is -2.03. The fourth-order valence-electron chi connectivity index (χ4n) is 1.86. The highest BCUT2D eigenvalue weighted by atomic mass is 32.1. The predicted octanol–water partition coefficient (Wildman–Crippen LogP) is 3.57. The van der Waals surface area contributed by atoms with Crippen molar-refractivity contribution in [3.05, 3.63) is 36.5 Å². The third-order valence-corrected chi connectivity index (χ3v) is 3.35. The van der Waals surface area contributed by atoms with Crippen LogP contribution in [0.15, 0.2) is 36.5 Å². The lowest BCUT2D eigenvalue weighted by molar-refractivity contribution is 0.896. The molecule has 2 aromatic heterocycles. The fraction of sp³-hybridized carbons (Fsp3) is 0.214. The minimum atomic E-state index is 0.363. The minimum absolute atomic E-state index is 0.363. The van der Waals surface area contributed by atoms with E-state index in [4.69, 9.17) is 0 Å².